The van der Waals surface area contributed by atoms with Crippen LogP contribution in [-0.2, 0) is 60.8 Å². The lowest BCUT2D eigenvalue weighted by Crippen LogP contribution is -2.60. The molecule has 2 rings (SSSR count). The highest BCUT2D eigenvalue weighted by atomic mass is 16.4. The Labute approximate surface area is 423 Å². The van der Waals surface area contributed by atoms with Gasteiger partial charge in [-0.1, -0.05) is 83.0 Å². The molecule has 8 atom stereocenters. The fourth-order valence-corrected chi connectivity index (χ4v) is 6.99. The number of nitrogens with two attached hydrogens (primary N) is 2. The summed E-state index contributed by atoms with van der Waals surface area (Å²) in [6.45, 7) is 3.41. The highest BCUT2D eigenvalue weighted by Crippen LogP contribution is 2.13. The molecule has 2 aromatic rings. The molecule has 0 saturated heterocycles. The van der Waals surface area contributed by atoms with Gasteiger partial charge in [-0.25, -0.2) is 0 Å². The second-order valence-electron chi connectivity index (χ2n) is 17.8. The quantitative estimate of drug-likeness (QED) is 0.0304. The summed E-state index contributed by atoms with van der Waals surface area (Å²) >= 11 is 0. The molecule has 0 spiro atoms. The molecule has 9 amide bonds. The van der Waals surface area contributed by atoms with Gasteiger partial charge in [0.15, 0.2) is 0 Å². The molecule has 0 aliphatic heterocycles. The Morgan fingerprint density at radius 3 is 1.56 bits per heavy atom. The number of carbonyl (C=O) groups excluding carboxylic acids is 9. The van der Waals surface area contributed by atoms with Gasteiger partial charge in [-0.15, -0.1) is 0 Å². The number of carboxylic acid groups (broad SMARTS) is 1. The number of rotatable bonds is 33. The summed E-state index contributed by atoms with van der Waals surface area (Å²) in [5.41, 5.74) is 12.4. The van der Waals surface area contributed by atoms with Crippen molar-refractivity contribution in [3.05, 3.63) is 65.7 Å². The first-order valence-corrected chi connectivity index (χ1v) is 24.0. The number of unbranched alkanes of at least 4 members (excludes halogenated alkanes) is 1. The fraction of sp³-hybridized carbons (Fsp3) is 0.542. The zero-order valence-electron chi connectivity index (χ0n) is 41.6. The molecular weight excluding hydrogens is 955 g/mol. The number of aliphatic carboxylic acids is 1. The lowest BCUT2D eigenvalue weighted by Gasteiger charge is -2.27. The van der Waals surface area contributed by atoms with Gasteiger partial charge < -0.3 is 79.7 Å². The number of aliphatic hydroxyl groups is 2. The third-order valence-electron chi connectivity index (χ3n) is 11.3. The van der Waals surface area contributed by atoms with E-state index in [0.29, 0.717) is 43.4 Å². The SMILES string of the molecule is CC[C@H](C)[C@H](NC(=O)CNC(=O)[C@H](CC(C)C)NC(=O)[C@H](CO)NC(=O)[C@H](Cc1ccc(O)cc1)NC(=O)[C@H](CO)NC(=O)CNC(=O)[C@@H](N)CCCCN)C(=O)N[C@@H](Cc1ccccc1)C(=O)NCC(=O)O. The molecule has 2 aromatic carbocycles. The minimum absolute atomic E-state index is 0.000122. The standard InChI is InChI=1S/C48H73N11O14/c1-5-28(4)41(48(73)57-34(44(69)53-24-40(65)66)20-29-11-7-6-8-12-29)59-39(64)23-52-43(68)33(19-27(2)3)55-47(72)37(26-61)58-45(70)35(21-30-14-16-31(62)17-15-30)56-46(71)36(25-60)54-38(63)22-51-42(67)32(50)13-9-10-18-49/h6-8,11-12,14-17,27-28,32-37,41,60-62H,5,9-10,13,18-26,49-50H2,1-4H3,(H,51,67)(H,52,68)(H,53,69)(H,54,63)(H,55,72)(H,56,71)(H,57,73)(H,58,70)(H,59,64)(H,65,66)/t28-,32-,33-,34-,35-,36-,37-,41-/m0/s1. The minimum Gasteiger partial charge on any atom is -0.508 e. The van der Waals surface area contributed by atoms with Crippen LogP contribution >= 0.6 is 0 Å². The van der Waals surface area contributed by atoms with Crippen LogP contribution in [0.4, 0.5) is 0 Å². The van der Waals surface area contributed by atoms with Crippen molar-refractivity contribution < 1.29 is 68.4 Å². The van der Waals surface area contributed by atoms with Gasteiger partial charge >= 0.3 is 5.97 Å². The summed E-state index contributed by atoms with van der Waals surface area (Å²) < 4.78 is 0. The van der Waals surface area contributed by atoms with E-state index in [1.165, 1.54) is 24.3 Å². The van der Waals surface area contributed by atoms with Gasteiger partial charge in [-0.3, -0.25) is 47.9 Å². The average molecular weight is 1030 g/mol. The second kappa shape index (κ2) is 32.7. The van der Waals surface area contributed by atoms with Crippen LogP contribution in [0.1, 0.15) is 70.9 Å². The second-order valence-corrected chi connectivity index (χ2v) is 17.8. The molecule has 25 heteroatoms. The Bertz CT molecular complexity index is 2150. The van der Waals surface area contributed by atoms with Gasteiger partial charge in [-0.2, -0.15) is 0 Å². The molecule has 0 aromatic heterocycles. The van der Waals surface area contributed by atoms with Gasteiger partial charge in [0.1, 0.15) is 48.5 Å². The van der Waals surface area contributed by atoms with Gasteiger partial charge in [-0.05, 0) is 60.9 Å². The Morgan fingerprint density at radius 1 is 0.548 bits per heavy atom. The molecule has 17 N–H and O–H groups in total. The number of amides is 9. The van der Waals surface area contributed by atoms with Crippen LogP contribution in [0.5, 0.6) is 5.75 Å². The normalized spacial score (nSPS) is 14.3. The van der Waals surface area contributed by atoms with Crippen LogP contribution in [0.25, 0.3) is 0 Å². The van der Waals surface area contributed by atoms with Gasteiger partial charge in [0.25, 0.3) is 0 Å². The van der Waals surface area contributed by atoms with Crippen molar-refractivity contribution in [1.29, 1.82) is 0 Å². The molecule has 0 radical (unpaired) electrons. The Morgan fingerprint density at radius 2 is 1.01 bits per heavy atom. The molecule has 0 aliphatic rings. The van der Waals surface area contributed by atoms with Crippen LogP contribution in [0, 0.1) is 11.8 Å². The highest BCUT2D eigenvalue weighted by molar-refractivity contribution is 5.97. The molecule has 73 heavy (non-hydrogen) atoms. The van der Waals surface area contributed by atoms with Crippen molar-refractivity contribution in [2.24, 2.45) is 23.3 Å². The van der Waals surface area contributed by atoms with Crippen LogP contribution in [-0.4, -0.2) is 161 Å². The van der Waals surface area contributed by atoms with Crippen molar-refractivity contribution in [3.63, 3.8) is 0 Å². The number of carbonyl (C=O) groups is 10. The van der Waals surface area contributed by atoms with Crippen LogP contribution < -0.4 is 59.3 Å². The number of aliphatic hydroxyl groups excluding tert-OH is 2. The number of aromatic hydroxyl groups is 1. The van der Waals surface area contributed by atoms with E-state index in [0.717, 1.165) is 0 Å². The number of hydrogen-bond acceptors (Lipinski definition) is 15. The van der Waals surface area contributed by atoms with Gasteiger partial charge in [0.2, 0.25) is 53.2 Å². The third-order valence-corrected chi connectivity index (χ3v) is 11.3. The molecule has 0 saturated carbocycles. The molecule has 0 heterocycles. The van der Waals surface area contributed by atoms with Crippen molar-refractivity contribution >= 4 is 59.1 Å². The molecule has 0 aliphatic carbocycles. The van der Waals surface area contributed by atoms with Crippen LogP contribution in [0.15, 0.2) is 54.6 Å². The smallest absolute Gasteiger partial charge is 0.322 e. The van der Waals surface area contributed by atoms with E-state index in [1.54, 1.807) is 58.0 Å². The van der Waals surface area contributed by atoms with E-state index in [1.807, 2.05) is 0 Å². The Kier molecular flexibility index (Phi) is 27.7. The van der Waals surface area contributed by atoms with Crippen molar-refractivity contribution in [1.82, 2.24) is 47.9 Å². The third kappa shape index (κ3) is 23.3. The van der Waals surface area contributed by atoms with E-state index >= 15 is 0 Å². The predicted octanol–water partition coefficient (Wildman–Crippen LogP) is -3.95. The zero-order chi connectivity index (χ0) is 54.6. The van der Waals surface area contributed by atoms with Gasteiger partial charge in [0, 0.05) is 12.8 Å². The lowest BCUT2D eigenvalue weighted by atomic mass is 9.97. The highest BCUT2D eigenvalue weighted by Gasteiger charge is 2.34. The molecule has 0 bridgehead atoms. The van der Waals surface area contributed by atoms with E-state index in [-0.39, 0.29) is 30.9 Å². The number of nitrogens with one attached hydrogen (secondary N) is 9. The monoisotopic (exact) mass is 1030 g/mol. The topological polar surface area (TPSA) is 412 Å². The summed E-state index contributed by atoms with van der Waals surface area (Å²) in [6, 6.07) is 4.58. The average Bonchev–Trinajstić information content (AvgIpc) is 3.36. The molecule has 0 fully saturated rings. The number of carboxylic acids is 1. The number of hydrogen-bond donors (Lipinski definition) is 15. The van der Waals surface area contributed by atoms with E-state index < -0.39 is 140 Å². The van der Waals surface area contributed by atoms with E-state index in [9.17, 15) is 63.3 Å². The van der Waals surface area contributed by atoms with Gasteiger partial charge in [0.05, 0.1) is 32.3 Å². The lowest BCUT2D eigenvalue weighted by molar-refractivity contribution is -0.138. The maximum Gasteiger partial charge on any atom is 0.322 e. The summed E-state index contributed by atoms with van der Waals surface area (Å²) in [6.07, 6.45) is 1.68. The van der Waals surface area contributed by atoms with Crippen molar-refractivity contribution in [2.75, 3.05) is 39.4 Å². The first-order chi connectivity index (χ1) is 34.6. The predicted molar refractivity (Wildman–Crippen MR) is 264 cm³/mol. The zero-order valence-corrected chi connectivity index (χ0v) is 41.6. The maximum absolute atomic E-state index is 13.8. The number of phenolic OH excluding ortho intramolecular Hbond substituents is 1. The number of phenols is 1. The molecule has 0 unspecified atom stereocenters. The largest absolute Gasteiger partial charge is 0.508 e. The Hall–Kier alpha value is -7.22. The number of benzene rings is 2. The molecular formula is C48H73N11O14. The van der Waals surface area contributed by atoms with Crippen molar-refractivity contribution in [3.8, 4) is 5.75 Å². The summed E-state index contributed by atoms with van der Waals surface area (Å²) in [4.78, 5) is 131. The van der Waals surface area contributed by atoms with Crippen LogP contribution in [0.3, 0.4) is 0 Å². The minimum atomic E-state index is -1.72. The first-order valence-electron chi connectivity index (χ1n) is 24.0. The summed E-state index contributed by atoms with van der Waals surface area (Å²) in [5, 5.41) is 60.9. The summed E-state index contributed by atoms with van der Waals surface area (Å²) in [7, 11) is 0. The fourth-order valence-electron chi connectivity index (χ4n) is 6.99. The van der Waals surface area contributed by atoms with E-state index in [2.05, 4.69) is 47.9 Å². The maximum atomic E-state index is 13.8. The van der Waals surface area contributed by atoms with Crippen LogP contribution in [0.2, 0.25) is 0 Å². The molecule has 25 nitrogen and oxygen atoms in total. The first kappa shape index (κ1) is 61.9. The van der Waals surface area contributed by atoms with Crippen molar-refractivity contribution in [2.45, 2.75) is 115 Å². The molecule has 404 valence electrons. The summed E-state index contributed by atoms with van der Waals surface area (Å²) in [5.74, 6) is -9.92. The Balaban J connectivity index is 2.19. The van der Waals surface area contributed by atoms with E-state index in [4.69, 9.17) is 16.6 Å².